The fourth-order valence-electron chi connectivity index (χ4n) is 3.13. The highest BCUT2D eigenvalue weighted by Crippen LogP contribution is 2.28. The van der Waals surface area contributed by atoms with Crippen LogP contribution in [0.1, 0.15) is 55.2 Å². The summed E-state index contributed by atoms with van der Waals surface area (Å²) < 4.78 is 7.37. The number of ether oxygens (including phenoxy) is 1. The lowest BCUT2D eigenvalue weighted by atomic mass is 10.0. The smallest absolute Gasteiger partial charge is 0.230 e. The molecule has 0 fully saturated rings. The van der Waals surface area contributed by atoms with Crippen LogP contribution in [0.15, 0.2) is 53.7 Å². The van der Waals surface area contributed by atoms with E-state index in [4.69, 9.17) is 10.6 Å². The van der Waals surface area contributed by atoms with Crippen LogP contribution in [0.4, 0.5) is 0 Å². The largest absolute Gasteiger partial charge is 0.485 e. The number of aryl methyl sites for hydroxylation is 1. The van der Waals surface area contributed by atoms with Crippen molar-refractivity contribution in [1.82, 2.24) is 20.2 Å². The highest BCUT2D eigenvalue weighted by molar-refractivity contribution is 7.99. The second kappa shape index (κ2) is 10.3. The number of hydrogen-bond donors (Lipinski definition) is 2. The SMILES string of the molecule is Cc1ccc(C(C)C)c(OCc2nnc(SCC(=O)NC(C)c3ccccc3)n2N)c1. The summed E-state index contributed by atoms with van der Waals surface area (Å²) in [6.07, 6.45) is 0. The molecule has 3 rings (SSSR count). The molecule has 2 aromatic carbocycles. The van der Waals surface area contributed by atoms with E-state index in [-0.39, 0.29) is 24.3 Å². The van der Waals surface area contributed by atoms with Gasteiger partial charge < -0.3 is 15.9 Å². The standard InChI is InChI=1S/C23H29N5O2S/c1-15(2)19-11-10-16(3)12-20(19)30-13-21-26-27-23(28(21)24)31-14-22(29)25-17(4)18-8-6-5-7-9-18/h5-12,15,17H,13-14,24H2,1-4H3,(H,25,29). The summed E-state index contributed by atoms with van der Waals surface area (Å²) in [4.78, 5) is 12.3. The molecule has 0 bridgehead atoms. The Morgan fingerprint density at radius 2 is 1.90 bits per heavy atom. The molecule has 0 aliphatic rings. The van der Waals surface area contributed by atoms with Gasteiger partial charge in [-0.1, -0.05) is 68.1 Å². The predicted molar refractivity (Wildman–Crippen MR) is 123 cm³/mol. The van der Waals surface area contributed by atoms with Crippen molar-refractivity contribution in [3.63, 3.8) is 0 Å². The van der Waals surface area contributed by atoms with Crippen molar-refractivity contribution in [2.75, 3.05) is 11.6 Å². The second-order valence-corrected chi connectivity index (χ2v) is 8.68. The van der Waals surface area contributed by atoms with Crippen molar-refractivity contribution in [1.29, 1.82) is 0 Å². The highest BCUT2D eigenvalue weighted by atomic mass is 32.2. The number of nitrogens with two attached hydrogens (primary N) is 1. The first-order valence-electron chi connectivity index (χ1n) is 10.2. The lowest BCUT2D eigenvalue weighted by Gasteiger charge is -2.15. The minimum atomic E-state index is -0.0940. The third-order valence-corrected chi connectivity index (χ3v) is 5.84. The molecule has 0 spiro atoms. The van der Waals surface area contributed by atoms with Crippen LogP contribution in [0.3, 0.4) is 0 Å². The van der Waals surface area contributed by atoms with Crippen LogP contribution in [0.5, 0.6) is 5.75 Å². The molecule has 0 aliphatic carbocycles. The molecule has 1 unspecified atom stereocenters. The lowest BCUT2D eigenvalue weighted by Crippen LogP contribution is -2.28. The second-order valence-electron chi connectivity index (χ2n) is 7.74. The summed E-state index contributed by atoms with van der Waals surface area (Å²) >= 11 is 1.24. The number of rotatable bonds is 9. The molecule has 164 valence electrons. The van der Waals surface area contributed by atoms with E-state index >= 15 is 0 Å². The lowest BCUT2D eigenvalue weighted by molar-refractivity contribution is -0.119. The van der Waals surface area contributed by atoms with Crippen LogP contribution >= 0.6 is 11.8 Å². The average molecular weight is 440 g/mol. The third kappa shape index (κ3) is 6.01. The Morgan fingerprint density at radius 3 is 2.61 bits per heavy atom. The maximum atomic E-state index is 12.3. The molecule has 0 radical (unpaired) electrons. The van der Waals surface area contributed by atoms with E-state index in [1.54, 1.807) is 0 Å². The molecule has 31 heavy (non-hydrogen) atoms. The molecule has 1 aromatic heterocycles. The van der Waals surface area contributed by atoms with Crippen molar-refractivity contribution in [3.8, 4) is 5.75 Å². The third-order valence-electron chi connectivity index (χ3n) is 4.89. The number of aromatic nitrogens is 3. The summed E-state index contributed by atoms with van der Waals surface area (Å²) in [6, 6.07) is 15.9. The maximum Gasteiger partial charge on any atom is 0.230 e. The van der Waals surface area contributed by atoms with Gasteiger partial charge in [-0.25, -0.2) is 4.68 Å². The molecule has 0 aliphatic heterocycles. The zero-order chi connectivity index (χ0) is 22.4. The number of nitrogens with one attached hydrogen (secondary N) is 1. The van der Waals surface area contributed by atoms with Gasteiger partial charge >= 0.3 is 0 Å². The molecule has 0 saturated carbocycles. The average Bonchev–Trinajstić information content (AvgIpc) is 3.10. The number of nitrogen functional groups attached to an aromatic ring is 1. The van der Waals surface area contributed by atoms with Gasteiger partial charge in [0.2, 0.25) is 11.1 Å². The van der Waals surface area contributed by atoms with Crippen LogP contribution in [-0.4, -0.2) is 26.5 Å². The van der Waals surface area contributed by atoms with Crippen LogP contribution in [-0.2, 0) is 11.4 Å². The summed E-state index contributed by atoms with van der Waals surface area (Å²) in [6.45, 7) is 8.43. The van der Waals surface area contributed by atoms with Gasteiger partial charge in [-0.3, -0.25) is 4.79 Å². The van der Waals surface area contributed by atoms with Gasteiger partial charge in [0.1, 0.15) is 12.4 Å². The number of thioether (sulfide) groups is 1. The zero-order valence-corrected chi connectivity index (χ0v) is 19.1. The van der Waals surface area contributed by atoms with E-state index in [0.717, 1.165) is 22.4 Å². The van der Waals surface area contributed by atoms with Crippen LogP contribution in [0.25, 0.3) is 0 Å². The normalized spacial score (nSPS) is 12.0. The van der Waals surface area contributed by atoms with E-state index in [0.29, 0.717) is 16.9 Å². The topological polar surface area (TPSA) is 95.1 Å². The summed E-state index contributed by atoms with van der Waals surface area (Å²) in [5.41, 5.74) is 3.31. The molecular formula is C23H29N5O2S. The van der Waals surface area contributed by atoms with E-state index in [1.807, 2.05) is 50.2 Å². The monoisotopic (exact) mass is 439 g/mol. The molecule has 1 atom stereocenters. The first-order valence-corrected chi connectivity index (χ1v) is 11.2. The minimum Gasteiger partial charge on any atom is -0.485 e. The molecule has 3 aromatic rings. The maximum absolute atomic E-state index is 12.3. The van der Waals surface area contributed by atoms with Crippen molar-refractivity contribution in [2.45, 2.75) is 51.4 Å². The quantitative estimate of drug-likeness (QED) is 0.387. The van der Waals surface area contributed by atoms with Gasteiger partial charge in [0.25, 0.3) is 0 Å². The van der Waals surface area contributed by atoms with Gasteiger partial charge in [0, 0.05) is 0 Å². The number of nitrogens with zero attached hydrogens (tertiary/aromatic N) is 3. The Morgan fingerprint density at radius 1 is 1.16 bits per heavy atom. The fourth-order valence-corrected chi connectivity index (χ4v) is 3.81. The van der Waals surface area contributed by atoms with Crippen molar-refractivity contribution < 1.29 is 9.53 Å². The number of amides is 1. The minimum absolute atomic E-state index is 0.0708. The summed E-state index contributed by atoms with van der Waals surface area (Å²) in [7, 11) is 0. The van der Waals surface area contributed by atoms with Gasteiger partial charge in [0.15, 0.2) is 5.82 Å². The van der Waals surface area contributed by atoms with Crippen molar-refractivity contribution >= 4 is 17.7 Å². The Labute approximate surface area is 187 Å². The summed E-state index contributed by atoms with van der Waals surface area (Å²) in [5, 5.41) is 11.7. The van der Waals surface area contributed by atoms with E-state index in [2.05, 4.69) is 41.5 Å². The zero-order valence-electron chi connectivity index (χ0n) is 18.3. The number of carbonyl (C=O) groups is 1. The first-order chi connectivity index (χ1) is 14.8. The van der Waals surface area contributed by atoms with Gasteiger partial charge in [-0.15, -0.1) is 10.2 Å². The Kier molecular flexibility index (Phi) is 7.57. The summed E-state index contributed by atoms with van der Waals surface area (Å²) in [5.74, 6) is 7.90. The van der Waals surface area contributed by atoms with Crippen LogP contribution in [0.2, 0.25) is 0 Å². The van der Waals surface area contributed by atoms with Gasteiger partial charge in [-0.2, -0.15) is 0 Å². The number of benzene rings is 2. The molecular weight excluding hydrogens is 410 g/mol. The Balaban J connectivity index is 1.56. The Bertz CT molecular complexity index is 1020. The van der Waals surface area contributed by atoms with E-state index in [1.165, 1.54) is 16.4 Å². The van der Waals surface area contributed by atoms with Crippen LogP contribution in [0, 0.1) is 6.92 Å². The predicted octanol–water partition coefficient (Wildman–Crippen LogP) is 3.97. The molecule has 0 saturated heterocycles. The Hall–Kier alpha value is -3.00. The number of carbonyl (C=O) groups excluding carboxylic acids is 1. The van der Waals surface area contributed by atoms with Crippen LogP contribution < -0.4 is 15.9 Å². The highest BCUT2D eigenvalue weighted by Gasteiger charge is 2.16. The van der Waals surface area contributed by atoms with Crippen molar-refractivity contribution in [3.05, 3.63) is 71.0 Å². The number of hydrogen-bond acceptors (Lipinski definition) is 6. The molecule has 8 heteroatoms. The molecule has 7 nitrogen and oxygen atoms in total. The first kappa shape index (κ1) is 22.7. The molecule has 3 N–H and O–H groups in total. The van der Waals surface area contributed by atoms with E-state index < -0.39 is 0 Å². The molecule has 1 amide bonds. The van der Waals surface area contributed by atoms with Crippen molar-refractivity contribution in [2.24, 2.45) is 0 Å². The van der Waals surface area contributed by atoms with E-state index in [9.17, 15) is 4.79 Å². The fraction of sp³-hybridized carbons (Fsp3) is 0.348. The van der Waals surface area contributed by atoms with Gasteiger partial charge in [0.05, 0.1) is 11.8 Å². The molecule has 1 heterocycles. The van der Waals surface area contributed by atoms with Gasteiger partial charge in [-0.05, 0) is 42.5 Å².